The lowest BCUT2D eigenvalue weighted by atomic mass is 10.4. The van der Waals surface area contributed by atoms with Gasteiger partial charge in [0, 0.05) is 6.07 Å². The second-order valence-corrected chi connectivity index (χ2v) is 5.84. The first-order valence-electron chi connectivity index (χ1n) is 5.91. The van der Waals surface area contributed by atoms with Crippen LogP contribution in [-0.2, 0) is 6.54 Å². The van der Waals surface area contributed by atoms with Crippen LogP contribution in [0.2, 0.25) is 4.34 Å². The fraction of sp³-hybridized carbons (Fsp3) is 0.167. The average molecular weight is 325 g/mol. The predicted octanol–water partition coefficient (Wildman–Crippen LogP) is 2.68. The Balaban J connectivity index is 1.64. The van der Waals surface area contributed by atoms with E-state index in [1.54, 1.807) is 25.1 Å². The summed E-state index contributed by atoms with van der Waals surface area (Å²) in [7, 11) is 0. The maximum absolute atomic E-state index is 11.8. The number of thiophene rings is 1. The molecule has 0 bridgehead atoms. The van der Waals surface area contributed by atoms with Crippen LogP contribution in [0, 0.1) is 6.92 Å². The van der Waals surface area contributed by atoms with Gasteiger partial charge in [-0.2, -0.15) is 4.98 Å². The summed E-state index contributed by atoms with van der Waals surface area (Å²) < 4.78 is 10.5. The fourth-order valence-electron chi connectivity index (χ4n) is 1.58. The van der Waals surface area contributed by atoms with Gasteiger partial charge in [-0.05, 0) is 19.1 Å². The van der Waals surface area contributed by atoms with Crippen LogP contribution in [0.4, 0.5) is 0 Å². The van der Waals surface area contributed by atoms with E-state index in [4.69, 9.17) is 20.6 Å². The van der Waals surface area contributed by atoms with Gasteiger partial charge in [0.2, 0.25) is 11.7 Å². The summed E-state index contributed by atoms with van der Waals surface area (Å²) in [5, 5.41) is 10.2. The molecule has 0 aliphatic rings. The first-order chi connectivity index (χ1) is 10.1. The fourth-order valence-corrected chi connectivity index (χ4v) is 2.54. The van der Waals surface area contributed by atoms with Crippen molar-refractivity contribution in [2.24, 2.45) is 0 Å². The molecule has 3 aromatic heterocycles. The Bertz CT molecular complexity index is 779. The van der Waals surface area contributed by atoms with Crippen LogP contribution < -0.4 is 5.32 Å². The normalized spacial score (nSPS) is 10.8. The number of carbonyl (C=O) groups excluding carboxylic acids is 1. The number of hydrogen-bond acceptors (Lipinski definition) is 7. The standard InChI is InChI=1S/C12H9ClN4O3S/c1-6-4-7(16-19-6)11-15-10(20-17-11)5-14-12(18)8-2-3-9(13)21-8/h2-4H,5H2,1H3,(H,14,18). The van der Waals surface area contributed by atoms with Crippen LogP contribution in [0.5, 0.6) is 0 Å². The third kappa shape index (κ3) is 3.11. The first-order valence-corrected chi connectivity index (χ1v) is 7.11. The zero-order valence-electron chi connectivity index (χ0n) is 10.8. The number of nitrogens with one attached hydrogen (secondary N) is 1. The van der Waals surface area contributed by atoms with Gasteiger partial charge in [0.05, 0.1) is 15.8 Å². The molecule has 3 aromatic rings. The molecule has 0 fully saturated rings. The summed E-state index contributed by atoms with van der Waals surface area (Å²) in [5.74, 6) is 1.00. The van der Waals surface area contributed by atoms with E-state index in [1.807, 2.05) is 0 Å². The topological polar surface area (TPSA) is 94.1 Å². The number of halogens is 1. The van der Waals surface area contributed by atoms with Gasteiger partial charge in [-0.3, -0.25) is 4.79 Å². The number of carbonyl (C=O) groups is 1. The van der Waals surface area contributed by atoms with Crippen molar-refractivity contribution in [3.63, 3.8) is 0 Å². The van der Waals surface area contributed by atoms with Crippen LogP contribution in [-0.4, -0.2) is 21.2 Å². The quantitative estimate of drug-likeness (QED) is 0.793. The van der Waals surface area contributed by atoms with Gasteiger partial charge in [-0.15, -0.1) is 11.3 Å². The minimum atomic E-state index is -0.246. The molecule has 3 rings (SSSR count). The molecular formula is C12H9ClN4O3S. The Morgan fingerprint density at radius 1 is 1.38 bits per heavy atom. The van der Waals surface area contributed by atoms with Gasteiger partial charge >= 0.3 is 0 Å². The molecular weight excluding hydrogens is 316 g/mol. The lowest BCUT2D eigenvalue weighted by molar-refractivity contribution is 0.0950. The maximum Gasteiger partial charge on any atom is 0.261 e. The third-order valence-corrected chi connectivity index (χ3v) is 3.75. The predicted molar refractivity (Wildman–Crippen MR) is 75.0 cm³/mol. The highest BCUT2D eigenvalue weighted by molar-refractivity contribution is 7.17. The number of aromatic nitrogens is 3. The molecule has 0 aliphatic carbocycles. The molecule has 3 heterocycles. The minimum absolute atomic E-state index is 0.123. The molecule has 0 saturated carbocycles. The molecule has 7 nitrogen and oxygen atoms in total. The molecule has 1 N–H and O–H groups in total. The van der Waals surface area contributed by atoms with Crippen molar-refractivity contribution >= 4 is 28.8 Å². The molecule has 0 aromatic carbocycles. The van der Waals surface area contributed by atoms with Crippen molar-refractivity contribution in [2.75, 3.05) is 0 Å². The summed E-state index contributed by atoms with van der Waals surface area (Å²) in [6.07, 6.45) is 0. The summed E-state index contributed by atoms with van der Waals surface area (Å²) in [6.45, 7) is 1.89. The zero-order valence-corrected chi connectivity index (χ0v) is 12.4. The van der Waals surface area contributed by atoms with E-state index in [2.05, 4.69) is 20.6 Å². The number of hydrogen-bond donors (Lipinski definition) is 1. The second-order valence-electron chi connectivity index (χ2n) is 4.12. The van der Waals surface area contributed by atoms with E-state index in [1.165, 1.54) is 11.3 Å². The van der Waals surface area contributed by atoms with Gasteiger partial charge in [0.25, 0.3) is 5.91 Å². The molecule has 0 atom stereocenters. The van der Waals surface area contributed by atoms with Crippen molar-refractivity contribution in [1.82, 2.24) is 20.6 Å². The molecule has 0 saturated heterocycles. The molecule has 108 valence electrons. The van der Waals surface area contributed by atoms with Crippen molar-refractivity contribution in [3.8, 4) is 11.5 Å². The van der Waals surface area contributed by atoms with E-state index in [9.17, 15) is 4.79 Å². The number of amides is 1. The third-order valence-electron chi connectivity index (χ3n) is 2.52. The van der Waals surface area contributed by atoms with Crippen molar-refractivity contribution < 1.29 is 13.8 Å². The summed E-state index contributed by atoms with van der Waals surface area (Å²) in [5.41, 5.74) is 0.485. The smallest absolute Gasteiger partial charge is 0.261 e. The molecule has 0 radical (unpaired) electrons. The molecule has 9 heteroatoms. The SMILES string of the molecule is Cc1cc(-c2noc(CNC(=O)c3ccc(Cl)s3)n2)no1. The summed E-state index contributed by atoms with van der Waals surface area (Å²) in [6, 6.07) is 5.01. The largest absolute Gasteiger partial charge is 0.361 e. The zero-order chi connectivity index (χ0) is 14.8. The molecule has 0 unspecified atom stereocenters. The lowest BCUT2D eigenvalue weighted by Gasteiger charge is -1.98. The first kappa shape index (κ1) is 13.8. The Kier molecular flexibility index (Phi) is 3.72. The molecule has 1 amide bonds. The van der Waals surface area contributed by atoms with E-state index in [0.717, 1.165) is 0 Å². The van der Waals surface area contributed by atoms with Crippen molar-refractivity contribution in [1.29, 1.82) is 0 Å². The van der Waals surface area contributed by atoms with Crippen LogP contribution in [0.3, 0.4) is 0 Å². The van der Waals surface area contributed by atoms with E-state index in [0.29, 0.717) is 26.5 Å². The Labute approximate surface area is 127 Å². The number of aryl methyl sites for hydroxylation is 1. The van der Waals surface area contributed by atoms with Crippen molar-refractivity contribution in [3.05, 3.63) is 39.1 Å². The van der Waals surface area contributed by atoms with Crippen LogP contribution >= 0.6 is 22.9 Å². The molecule has 0 spiro atoms. The van der Waals surface area contributed by atoms with Gasteiger partial charge in [0.15, 0.2) is 5.69 Å². The van der Waals surface area contributed by atoms with E-state index < -0.39 is 0 Å². The second kappa shape index (κ2) is 5.66. The highest BCUT2D eigenvalue weighted by atomic mass is 35.5. The highest BCUT2D eigenvalue weighted by Gasteiger charge is 2.14. The van der Waals surface area contributed by atoms with Gasteiger partial charge in [-0.25, -0.2) is 0 Å². The van der Waals surface area contributed by atoms with Gasteiger partial charge < -0.3 is 14.4 Å². The Morgan fingerprint density at radius 2 is 2.24 bits per heavy atom. The minimum Gasteiger partial charge on any atom is -0.361 e. The Hall–Kier alpha value is -2.19. The lowest BCUT2D eigenvalue weighted by Crippen LogP contribution is -2.21. The average Bonchev–Trinajstić information content (AvgIpc) is 3.16. The maximum atomic E-state index is 11.8. The van der Waals surface area contributed by atoms with Crippen LogP contribution in [0.15, 0.2) is 27.2 Å². The van der Waals surface area contributed by atoms with Crippen molar-refractivity contribution in [2.45, 2.75) is 13.5 Å². The molecule has 0 aliphatic heterocycles. The summed E-state index contributed by atoms with van der Waals surface area (Å²) >= 11 is 6.98. The van der Waals surface area contributed by atoms with Gasteiger partial charge in [-0.1, -0.05) is 21.9 Å². The van der Waals surface area contributed by atoms with Crippen LogP contribution in [0.25, 0.3) is 11.5 Å². The van der Waals surface area contributed by atoms with Crippen LogP contribution in [0.1, 0.15) is 21.3 Å². The Morgan fingerprint density at radius 3 is 2.90 bits per heavy atom. The van der Waals surface area contributed by atoms with E-state index in [-0.39, 0.29) is 18.3 Å². The number of nitrogens with zero attached hydrogens (tertiary/aromatic N) is 3. The monoisotopic (exact) mass is 324 g/mol. The molecule has 21 heavy (non-hydrogen) atoms. The number of rotatable bonds is 4. The van der Waals surface area contributed by atoms with Gasteiger partial charge in [0.1, 0.15) is 5.76 Å². The summed E-state index contributed by atoms with van der Waals surface area (Å²) in [4.78, 5) is 16.5. The highest BCUT2D eigenvalue weighted by Crippen LogP contribution is 2.21. The van der Waals surface area contributed by atoms with E-state index >= 15 is 0 Å².